The van der Waals surface area contributed by atoms with E-state index in [1.54, 1.807) is 25.1 Å². The Morgan fingerprint density at radius 3 is 1.95 bits per heavy atom. The van der Waals surface area contributed by atoms with Crippen molar-refractivity contribution in [1.82, 2.24) is 5.32 Å². The Morgan fingerprint density at radius 2 is 1.43 bits per heavy atom. The molecule has 0 saturated carbocycles. The summed E-state index contributed by atoms with van der Waals surface area (Å²) >= 11 is 0. The van der Waals surface area contributed by atoms with Crippen LogP contribution < -0.4 is 5.32 Å². The quantitative estimate of drug-likeness (QED) is 0.841. The number of halogens is 3. The summed E-state index contributed by atoms with van der Waals surface area (Å²) in [5.74, 6) is 0. The molecular weight excluding hydrogens is 275 g/mol. The highest BCUT2D eigenvalue weighted by Crippen LogP contribution is 2.34. The van der Waals surface area contributed by atoms with Crippen molar-refractivity contribution in [2.75, 3.05) is 0 Å². The molecule has 0 amide bonds. The standard InChI is InChI=1S/C17H18F3N/c1-12-8-10-14(11-9-12)13(2)21-16(17(18,19)20)15-6-4-3-5-7-15/h3-11,13,16,21H,1-2H3/t13-,16?/m0/s1. The summed E-state index contributed by atoms with van der Waals surface area (Å²) in [6, 6.07) is 13.4. The van der Waals surface area contributed by atoms with E-state index in [4.69, 9.17) is 0 Å². The Hall–Kier alpha value is -1.81. The Bertz CT molecular complexity index is 561. The first-order valence-electron chi connectivity index (χ1n) is 6.82. The first-order chi connectivity index (χ1) is 9.88. The smallest absolute Gasteiger partial charge is 0.296 e. The fraction of sp³-hybridized carbons (Fsp3) is 0.294. The van der Waals surface area contributed by atoms with Crippen LogP contribution in [0.5, 0.6) is 0 Å². The number of alkyl halides is 3. The predicted molar refractivity (Wildman–Crippen MR) is 78.0 cm³/mol. The van der Waals surface area contributed by atoms with Crippen LogP contribution >= 0.6 is 0 Å². The molecule has 21 heavy (non-hydrogen) atoms. The Kier molecular flexibility index (Phi) is 4.68. The third-order valence-corrected chi connectivity index (χ3v) is 3.45. The molecule has 1 nitrogen and oxygen atoms in total. The molecule has 0 fully saturated rings. The number of nitrogens with one attached hydrogen (secondary N) is 1. The van der Waals surface area contributed by atoms with E-state index >= 15 is 0 Å². The van der Waals surface area contributed by atoms with Crippen LogP contribution in [0, 0.1) is 6.92 Å². The molecule has 0 spiro atoms. The molecule has 112 valence electrons. The van der Waals surface area contributed by atoms with E-state index in [2.05, 4.69) is 5.32 Å². The number of hydrogen-bond donors (Lipinski definition) is 1. The molecule has 0 heterocycles. The summed E-state index contributed by atoms with van der Waals surface area (Å²) in [6.45, 7) is 3.69. The molecule has 2 aromatic carbocycles. The lowest BCUT2D eigenvalue weighted by atomic mass is 10.0. The van der Waals surface area contributed by atoms with Crippen molar-refractivity contribution >= 4 is 0 Å². The van der Waals surface area contributed by atoms with E-state index in [1.165, 1.54) is 12.1 Å². The summed E-state index contributed by atoms with van der Waals surface area (Å²) in [5.41, 5.74) is 2.15. The fourth-order valence-corrected chi connectivity index (χ4v) is 2.23. The Morgan fingerprint density at radius 1 is 0.857 bits per heavy atom. The van der Waals surface area contributed by atoms with E-state index in [0.717, 1.165) is 11.1 Å². The van der Waals surface area contributed by atoms with Gasteiger partial charge in [-0.15, -0.1) is 0 Å². The minimum atomic E-state index is -4.33. The normalized spacial score (nSPS) is 14.7. The van der Waals surface area contributed by atoms with Gasteiger partial charge in [0.25, 0.3) is 0 Å². The van der Waals surface area contributed by atoms with E-state index in [9.17, 15) is 13.2 Å². The molecule has 2 rings (SSSR count). The van der Waals surface area contributed by atoms with Crippen LogP contribution in [0.3, 0.4) is 0 Å². The van der Waals surface area contributed by atoms with Crippen molar-refractivity contribution in [2.24, 2.45) is 0 Å². The number of rotatable bonds is 4. The minimum absolute atomic E-state index is 0.226. The highest BCUT2D eigenvalue weighted by Gasteiger charge is 2.41. The second kappa shape index (κ2) is 6.31. The van der Waals surface area contributed by atoms with Crippen LogP contribution in [0.1, 0.15) is 35.7 Å². The monoisotopic (exact) mass is 293 g/mol. The van der Waals surface area contributed by atoms with E-state index in [0.29, 0.717) is 0 Å². The SMILES string of the molecule is Cc1ccc([C@H](C)NC(c2ccccc2)C(F)(F)F)cc1. The Labute approximate surface area is 122 Å². The van der Waals surface area contributed by atoms with Crippen LogP contribution in [0.4, 0.5) is 13.2 Å². The van der Waals surface area contributed by atoms with Gasteiger partial charge in [0.05, 0.1) is 0 Å². The third kappa shape index (κ3) is 4.08. The Balaban J connectivity index is 2.21. The van der Waals surface area contributed by atoms with Gasteiger partial charge in [0.1, 0.15) is 6.04 Å². The van der Waals surface area contributed by atoms with Gasteiger partial charge in [-0.2, -0.15) is 13.2 Å². The topological polar surface area (TPSA) is 12.0 Å². The number of benzene rings is 2. The fourth-order valence-electron chi connectivity index (χ4n) is 2.23. The summed E-state index contributed by atoms with van der Waals surface area (Å²) in [5, 5.41) is 2.68. The van der Waals surface area contributed by atoms with Gasteiger partial charge in [-0.05, 0) is 25.0 Å². The lowest BCUT2D eigenvalue weighted by Gasteiger charge is -2.26. The maximum absolute atomic E-state index is 13.3. The van der Waals surface area contributed by atoms with E-state index in [-0.39, 0.29) is 5.56 Å². The molecule has 0 aliphatic carbocycles. The predicted octanol–water partition coefficient (Wildman–Crippen LogP) is 4.95. The summed E-state index contributed by atoms with van der Waals surface area (Å²) in [7, 11) is 0. The molecule has 4 heteroatoms. The van der Waals surface area contributed by atoms with Crippen molar-refractivity contribution < 1.29 is 13.2 Å². The molecule has 2 atom stereocenters. The van der Waals surface area contributed by atoms with E-state index < -0.39 is 18.3 Å². The summed E-state index contributed by atoms with van der Waals surface area (Å²) in [6.07, 6.45) is -4.33. The molecule has 0 saturated heterocycles. The van der Waals surface area contributed by atoms with Gasteiger partial charge in [0.2, 0.25) is 0 Å². The largest absolute Gasteiger partial charge is 0.407 e. The number of aryl methyl sites for hydroxylation is 1. The lowest BCUT2D eigenvalue weighted by molar-refractivity contribution is -0.159. The first-order valence-corrected chi connectivity index (χ1v) is 6.82. The van der Waals surface area contributed by atoms with Gasteiger partial charge >= 0.3 is 6.18 Å². The van der Waals surface area contributed by atoms with Crippen LogP contribution in [0.25, 0.3) is 0 Å². The first kappa shape index (κ1) is 15.6. The van der Waals surface area contributed by atoms with Gasteiger partial charge in [-0.3, -0.25) is 5.32 Å². The average Bonchev–Trinajstić information content (AvgIpc) is 2.45. The minimum Gasteiger partial charge on any atom is -0.296 e. The second-order valence-corrected chi connectivity index (χ2v) is 5.18. The maximum Gasteiger partial charge on any atom is 0.407 e. The highest BCUT2D eigenvalue weighted by molar-refractivity contribution is 5.25. The molecule has 1 unspecified atom stereocenters. The zero-order chi connectivity index (χ0) is 15.5. The van der Waals surface area contributed by atoms with Gasteiger partial charge in [0, 0.05) is 6.04 Å². The average molecular weight is 293 g/mol. The van der Waals surface area contributed by atoms with Crippen LogP contribution in [-0.2, 0) is 0 Å². The molecular formula is C17H18F3N. The molecule has 0 bridgehead atoms. The van der Waals surface area contributed by atoms with Crippen molar-refractivity contribution in [3.05, 3.63) is 71.3 Å². The zero-order valence-electron chi connectivity index (χ0n) is 12.0. The van der Waals surface area contributed by atoms with E-state index in [1.807, 2.05) is 31.2 Å². The zero-order valence-corrected chi connectivity index (χ0v) is 12.0. The molecule has 2 aromatic rings. The molecule has 1 N–H and O–H groups in total. The van der Waals surface area contributed by atoms with Crippen molar-refractivity contribution in [3.8, 4) is 0 Å². The second-order valence-electron chi connectivity index (χ2n) is 5.18. The molecule has 0 aliphatic rings. The van der Waals surface area contributed by atoms with Gasteiger partial charge in [-0.1, -0.05) is 60.2 Å². The van der Waals surface area contributed by atoms with Crippen molar-refractivity contribution in [2.45, 2.75) is 32.1 Å². The summed E-state index contributed by atoms with van der Waals surface area (Å²) in [4.78, 5) is 0. The van der Waals surface area contributed by atoms with Gasteiger partial charge in [0.15, 0.2) is 0 Å². The lowest BCUT2D eigenvalue weighted by Crippen LogP contribution is -2.35. The van der Waals surface area contributed by atoms with Crippen molar-refractivity contribution in [3.63, 3.8) is 0 Å². The van der Waals surface area contributed by atoms with Gasteiger partial charge in [-0.25, -0.2) is 0 Å². The molecule has 0 aliphatic heterocycles. The van der Waals surface area contributed by atoms with Crippen LogP contribution in [0.2, 0.25) is 0 Å². The van der Waals surface area contributed by atoms with Crippen molar-refractivity contribution in [1.29, 1.82) is 0 Å². The van der Waals surface area contributed by atoms with Gasteiger partial charge < -0.3 is 0 Å². The summed E-state index contributed by atoms with van der Waals surface area (Å²) < 4.78 is 39.9. The molecule has 0 radical (unpaired) electrons. The van der Waals surface area contributed by atoms with Crippen LogP contribution in [-0.4, -0.2) is 6.18 Å². The maximum atomic E-state index is 13.3. The highest BCUT2D eigenvalue weighted by atomic mass is 19.4. The third-order valence-electron chi connectivity index (χ3n) is 3.45. The van der Waals surface area contributed by atoms with Crippen LogP contribution in [0.15, 0.2) is 54.6 Å². The number of hydrogen-bond acceptors (Lipinski definition) is 1. The molecule has 0 aromatic heterocycles.